The number of halogens is 3. The first kappa shape index (κ1) is 23.8. The van der Waals surface area contributed by atoms with Crippen molar-refractivity contribution in [1.29, 1.82) is 0 Å². The topological polar surface area (TPSA) is 118 Å². The maximum atomic E-state index is 15.0. The SMILES string of the molecule is COCc1cc2c(Nc3cc([C@@H]4CC[C@H](OC(=O)NC(C)C)[C@@H]4F)[nH]n3)nc(C(F)F)cn2n1. The van der Waals surface area contributed by atoms with Gasteiger partial charge in [-0.1, -0.05) is 0 Å². The van der Waals surface area contributed by atoms with Crippen LogP contribution in [-0.2, 0) is 16.1 Å². The van der Waals surface area contributed by atoms with Crippen LogP contribution in [0, 0.1) is 0 Å². The summed E-state index contributed by atoms with van der Waals surface area (Å²) in [6.45, 7) is 3.77. The molecule has 3 atom stereocenters. The van der Waals surface area contributed by atoms with E-state index in [1.54, 1.807) is 26.0 Å². The molecule has 0 aliphatic heterocycles. The van der Waals surface area contributed by atoms with Crippen LogP contribution in [0.25, 0.3) is 5.52 Å². The maximum Gasteiger partial charge on any atom is 0.407 e. The average Bonchev–Trinajstić information content (AvgIpc) is 3.47. The van der Waals surface area contributed by atoms with Crippen molar-refractivity contribution in [3.05, 3.63) is 35.4 Å². The molecule has 4 rings (SSSR count). The van der Waals surface area contributed by atoms with Crippen LogP contribution in [0.2, 0.25) is 0 Å². The fraction of sp³-hybridized carbons (Fsp3) is 0.524. The molecule has 0 saturated heterocycles. The van der Waals surface area contributed by atoms with Gasteiger partial charge < -0.3 is 20.1 Å². The second-order valence-electron chi connectivity index (χ2n) is 8.42. The van der Waals surface area contributed by atoms with Gasteiger partial charge in [-0.15, -0.1) is 0 Å². The number of hydrogen-bond donors (Lipinski definition) is 3. The van der Waals surface area contributed by atoms with Crippen molar-refractivity contribution in [2.75, 3.05) is 12.4 Å². The van der Waals surface area contributed by atoms with E-state index >= 15 is 4.39 Å². The van der Waals surface area contributed by atoms with E-state index in [9.17, 15) is 13.6 Å². The number of nitrogens with zero attached hydrogens (tertiary/aromatic N) is 4. The van der Waals surface area contributed by atoms with Crippen molar-refractivity contribution in [1.82, 2.24) is 30.1 Å². The Bertz CT molecular complexity index is 1150. The first-order valence-electron chi connectivity index (χ1n) is 10.8. The summed E-state index contributed by atoms with van der Waals surface area (Å²) in [6, 6.07) is 3.14. The van der Waals surface area contributed by atoms with Gasteiger partial charge in [-0.3, -0.25) is 5.10 Å². The smallest absolute Gasteiger partial charge is 0.407 e. The molecule has 0 spiro atoms. The standard InChI is InChI=1S/C21H26F3N7O3/c1-10(2)25-21(32)34-16-5-4-12(18(16)22)13-7-17(29-28-13)27-20-15-6-11(9-33-3)30-31(15)8-14(26-20)19(23)24/h6-8,10,12,16,18-19H,4-5,9H2,1-3H3,(H,25,32)(H2,26,27,28,29)/t12-,16-,18+/m0/s1. The van der Waals surface area contributed by atoms with Crippen molar-refractivity contribution in [2.45, 2.75) is 64.0 Å². The Morgan fingerprint density at radius 1 is 1.32 bits per heavy atom. The Labute approximate surface area is 193 Å². The molecule has 184 valence electrons. The van der Waals surface area contributed by atoms with Crippen LogP contribution in [0.3, 0.4) is 0 Å². The quantitative estimate of drug-likeness (QED) is 0.445. The lowest BCUT2D eigenvalue weighted by atomic mass is 10.0. The van der Waals surface area contributed by atoms with Gasteiger partial charge in [-0.2, -0.15) is 10.2 Å². The minimum absolute atomic E-state index is 0.117. The highest BCUT2D eigenvalue weighted by Gasteiger charge is 2.41. The molecule has 1 fully saturated rings. The summed E-state index contributed by atoms with van der Waals surface area (Å²) in [5.74, 6) is -0.150. The van der Waals surface area contributed by atoms with E-state index in [1.807, 2.05) is 0 Å². The highest BCUT2D eigenvalue weighted by Crippen LogP contribution is 2.38. The number of alkyl halides is 3. The van der Waals surface area contributed by atoms with Gasteiger partial charge in [0.1, 0.15) is 23.5 Å². The summed E-state index contributed by atoms with van der Waals surface area (Å²) < 4.78 is 53.3. The molecule has 13 heteroatoms. The van der Waals surface area contributed by atoms with Gasteiger partial charge in [0.25, 0.3) is 6.43 Å². The largest absolute Gasteiger partial charge is 0.443 e. The van der Waals surface area contributed by atoms with E-state index in [0.717, 1.165) is 6.20 Å². The lowest BCUT2D eigenvalue weighted by molar-refractivity contribution is 0.0555. The zero-order chi connectivity index (χ0) is 24.4. The number of anilines is 2. The second-order valence-corrected chi connectivity index (χ2v) is 8.42. The van der Waals surface area contributed by atoms with Crippen molar-refractivity contribution in [3.8, 4) is 0 Å². The summed E-state index contributed by atoms with van der Waals surface area (Å²) >= 11 is 0. The molecule has 1 saturated carbocycles. The number of ether oxygens (including phenoxy) is 2. The number of H-pyrrole nitrogens is 1. The number of alkyl carbamates (subject to hydrolysis) is 1. The average molecular weight is 481 g/mol. The molecule has 0 unspecified atom stereocenters. The molecule has 3 N–H and O–H groups in total. The highest BCUT2D eigenvalue weighted by atomic mass is 19.3. The third kappa shape index (κ3) is 5.08. The summed E-state index contributed by atoms with van der Waals surface area (Å²) in [4.78, 5) is 15.8. The van der Waals surface area contributed by atoms with Crippen LogP contribution in [-0.4, -0.2) is 56.3 Å². The van der Waals surface area contributed by atoms with Gasteiger partial charge in [0, 0.05) is 30.8 Å². The van der Waals surface area contributed by atoms with Crippen LogP contribution >= 0.6 is 0 Å². The molecule has 1 amide bonds. The summed E-state index contributed by atoms with van der Waals surface area (Å²) in [7, 11) is 1.50. The summed E-state index contributed by atoms with van der Waals surface area (Å²) in [6.07, 6.45) is -3.75. The number of fused-ring (bicyclic) bond motifs is 1. The Hall–Kier alpha value is -3.35. The molecule has 1 aliphatic carbocycles. The number of carbonyl (C=O) groups is 1. The van der Waals surface area contributed by atoms with Crippen LogP contribution < -0.4 is 10.6 Å². The molecule has 0 aromatic carbocycles. The van der Waals surface area contributed by atoms with Gasteiger partial charge in [-0.05, 0) is 32.8 Å². The molecule has 0 radical (unpaired) electrons. The molecular weight excluding hydrogens is 455 g/mol. The van der Waals surface area contributed by atoms with Crippen LogP contribution in [0.15, 0.2) is 18.3 Å². The lowest BCUT2D eigenvalue weighted by Crippen LogP contribution is -2.36. The number of carbonyl (C=O) groups excluding carboxylic acids is 1. The molecule has 1 aliphatic rings. The van der Waals surface area contributed by atoms with Gasteiger partial charge >= 0.3 is 6.09 Å². The van der Waals surface area contributed by atoms with Crippen molar-refractivity contribution >= 4 is 23.2 Å². The van der Waals surface area contributed by atoms with Crippen molar-refractivity contribution in [3.63, 3.8) is 0 Å². The van der Waals surface area contributed by atoms with Crippen LogP contribution in [0.5, 0.6) is 0 Å². The van der Waals surface area contributed by atoms with Crippen molar-refractivity contribution < 1.29 is 27.4 Å². The van der Waals surface area contributed by atoms with Gasteiger partial charge in [0.2, 0.25) is 0 Å². The highest BCUT2D eigenvalue weighted by molar-refractivity contribution is 5.72. The predicted octanol–water partition coefficient (Wildman–Crippen LogP) is 4.00. The second kappa shape index (κ2) is 9.87. The van der Waals surface area contributed by atoms with Crippen LogP contribution in [0.1, 0.15) is 56.1 Å². The zero-order valence-corrected chi connectivity index (χ0v) is 18.9. The lowest BCUT2D eigenvalue weighted by Gasteiger charge is -2.18. The third-order valence-electron chi connectivity index (χ3n) is 5.45. The number of aromatic amines is 1. The van der Waals surface area contributed by atoms with Crippen LogP contribution in [0.4, 0.5) is 29.6 Å². The monoisotopic (exact) mass is 481 g/mol. The van der Waals surface area contributed by atoms with Gasteiger partial charge in [0.15, 0.2) is 11.6 Å². The summed E-state index contributed by atoms with van der Waals surface area (Å²) in [5.41, 5.74) is 1.03. The summed E-state index contributed by atoms with van der Waals surface area (Å²) in [5, 5.41) is 16.6. The number of amides is 1. The first-order chi connectivity index (χ1) is 16.2. The Kier molecular flexibility index (Phi) is 6.91. The first-order valence-corrected chi connectivity index (χ1v) is 10.8. The van der Waals surface area contributed by atoms with E-state index in [2.05, 4.69) is 30.9 Å². The minimum Gasteiger partial charge on any atom is -0.443 e. The predicted molar refractivity (Wildman–Crippen MR) is 116 cm³/mol. The maximum absolute atomic E-state index is 15.0. The van der Waals surface area contributed by atoms with E-state index in [4.69, 9.17) is 9.47 Å². The van der Waals surface area contributed by atoms with Gasteiger partial charge in [-0.25, -0.2) is 27.5 Å². The Morgan fingerprint density at radius 2 is 2.12 bits per heavy atom. The molecule has 0 bridgehead atoms. The Balaban J connectivity index is 1.51. The Morgan fingerprint density at radius 3 is 2.82 bits per heavy atom. The number of hydrogen-bond acceptors (Lipinski definition) is 7. The molecule has 34 heavy (non-hydrogen) atoms. The zero-order valence-electron chi connectivity index (χ0n) is 18.9. The number of nitrogens with one attached hydrogen (secondary N) is 3. The fourth-order valence-corrected chi connectivity index (χ4v) is 3.97. The number of rotatable bonds is 8. The van der Waals surface area contributed by atoms with Crippen molar-refractivity contribution in [2.24, 2.45) is 0 Å². The fourth-order valence-electron chi connectivity index (χ4n) is 3.97. The molecule has 3 aromatic rings. The van der Waals surface area contributed by atoms with E-state index in [1.165, 1.54) is 11.6 Å². The molecule has 10 nitrogen and oxygen atoms in total. The van der Waals surface area contributed by atoms with E-state index in [0.29, 0.717) is 29.7 Å². The van der Waals surface area contributed by atoms with Gasteiger partial charge in [0.05, 0.1) is 18.5 Å². The molecule has 3 aromatic heterocycles. The van der Waals surface area contributed by atoms with E-state index < -0.39 is 36.4 Å². The number of methoxy groups -OCH3 is 1. The molecular formula is C21H26F3N7O3. The van der Waals surface area contributed by atoms with E-state index in [-0.39, 0.29) is 24.3 Å². The molecule has 3 heterocycles. The normalized spacial score (nSPS) is 20.4. The third-order valence-corrected chi connectivity index (χ3v) is 5.45. The minimum atomic E-state index is -2.80. The number of aromatic nitrogens is 5.